The minimum absolute atomic E-state index is 0.106. The van der Waals surface area contributed by atoms with Crippen LogP contribution < -0.4 is 10.1 Å². The molecule has 0 saturated heterocycles. The van der Waals surface area contributed by atoms with E-state index in [1.807, 2.05) is 33.2 Å². The third-order valence-corrected chi connectivity index (χ3v) is 3.77. The Kier molecular flexibility index (Phi) is 5.31. The molecule has 0 atom stereocenters. The third kappa shape index (κ3) is 4.47. The monoisotopic (exact) mass is 350 g/mol. The van der Waals surface area contributed by atoms with Crippen molar-refractivity contribution in [3.63, 3.8) is 0 Å². The predicted molar refractivity (Wildman–Crippen MR) is 99.8 cm³/mol. The van der Waals surface area contributed by atoms with Gasteiger partial charge in [-0.3, -0.25) is 14.5 Å². The predicted octanol–water partition coefficient (Wildman–Crippen LogP) is 3.20. The van der Waals surface area contributed by atoms with Gasteiger partial charge in [0.15, 0.2) is 0 Å². The van der Waals surface area contributed by atoms with Crippen molar-refractivity contribution in [1.82, 2.24) is 20.1 Å². The summed E-state index contributed by atoms with van der Waals surface area (Å²) in [6.45, 7) is 4.34. The maximum absolute atomic E-state index is 12.3. The second-order valence-corrected chi connectivity index (χ2v) is 6.36. The molecule has 26 heavy (non-hydrogen) atoms. The highest BCUT2D eigenvalue weighted by molar-refractivity contribution is 5.94. The fourth-order valence-corrected chi connectivity index (χ4v) is 2.55. The van der Waals surface area contributed by atoms with Crippen molar-refractivity contribution in [2.75, 3.05) is 0 Å². The Morgan fingerprint density at radius 1 is 1.15 bits per heavy atom. The Morgan fingerprint density at radius 3 is 2.58 bits per heavy atom. The summed E-state index contributed by atoms with van der Waals surface area (Å²) in [6.07, 6.45) is 7.37. The van der Waals surface area contributed by atoms with Crippen molar-refractivity contribution in [2.24, 2.45) is 7.05 Å². The van der Waals surface area contributed by atoms with Gasteiger partial charge in [0.2, 0.25) is 0 Å². The van der Waals surface area contributed by atoms with E-state index in [2.05, 4.69) is 15.4 Å². The fourth-order valence-electron chi connectivity index (χ4n) is 2.55. The molecule has 1 N–H and O–H groups in total. The summed E-state index contributed by atoms with van der Waals surface area (Å²) >= 11 is 0. The van der Waals surface area contributed by atoms with Crippen LogP contribution in [0.4, 0.5) is 0 Å². The number of rotatable bonds is 6. The number of amides is 1. The highest BCUT2D eigenvalue weighted by Gasteiger charge is 2.07. The zero-order valence-electron chi connectivity index (χ0n) is 15.1. The topological polar surface area (TPSA) is 69.0 Å². The van der Waals surface area contributed by atoms with Crippen molar-refractivity contribution in [3.8, 4) is 16.9 Å². The van der Waals surface area contributed by atoms with Gasteiger partial charge < -0.3 is 10.1 Å². The van der Waals surface area contributed by atoms with Crippen LogP contribution in [0.2, 0.25) is 0 Å². The summed E-state index contributed by atoms with van der Waals surface area (Å²) in [5.74, 6) is 0.623. The van der Waals surface area contributed by atoms with Crippen LogP contribution in [0.1, 0.15) is 29.8 Å². The van der Waals surface area contributed by atoms with E-state index < -0.39 is 0 Å². The first-order valence-corrected chi connectivity index (χ1v) is 8.49. The summed E-state index contributed by atoms with van der Waals surface area (Å²) in [4.78, 5) is 16.6. The first kappa shape index (κ1) is 17.7. The molecule has 1 amide bonds. The van der Waals surface area contributed by atoms with E-state index in [-0.39, 0.29) is 12.0 Å². The maximum Gasteiger partial charge on any atom is 0.251 e. The highest BCUT2D eigenvalue weighted by Crippen LogP contribution is 2.18. The van der Waals surface area contributed by atoms with Gasteiger partial charge in [-0.2, -0.15) is 5.10 Å². The van der Waals surface area contributed by atoms with Gasteiger partial charge in [0.05, 0.1) is 12.3 Å². The molecule has 6 heteroatoms. The number of aryl methyl sites for hydroxylation is 1. The molecule has 2 aromatic heterocycles. The van der Waals surface area contributed by atoms with Gasteiger partial charge in [-0.25, -0.2) is 0 Å². The lowest BCUT2D eigenvalue weighted by atomic mass is 10.1. The van der Waals surface area contributed by atoms with E-state index in [0.717, 1.165) is 22.4 Å². The number of hydrogen-bond donors (Lipinski definition) is 1. The molecule has 0 aliphatic carbocycles. The molecule has 0 radical (unpaired) electrons. The molecule has 1 aromatic carbocycles. The van der Waals surface area contributed by atoms with Crippen LogP contribution in [0, 0.1) is 0 Å². The van der Waals surface area contributed by atoms with Crippen LogP contribution in [0.25, 0.3) is 11.1 Å². The van der Waals surface area contributed by atoms with Gasteiger partial charge in [-0.05, 0) is 49.7 Å². The second kappa shape index (κ2) is 7.82. The molecule has 3 rings (SSSR count). The van der Waals surface area contributed by atoms with E-state index in [9.17, 15) is 4.79 Å². The largest absolute Gasteiger partial charge is 0.491 e. The molecule has 0 bridgehead atoms. The number of hydrogen-bond acceptors (Lipinski definition) is 4. The van der Waals surface area contributed by atoms with Crippen LogP contribution in [0.3, 0.4) is 0 Å². The molecule has 2 heterocycles. The third-order valence-electron chi connectivity index (χ3n) is 3.77. The molecule has 0 spiro atoms. The highest BCUT2D eigenvalue weighted by atomic mass is 16.5. The van der Waals surface area contributed by atoms with Crippen molar-refractivity contribution < 1.29 is 9.53 Å². The lowest BCUT2D eigenvalue weighted by Crippen LogP contribution is -2.22. The van der Waals surface area contributed by atoms with Crippen molar-refractivity contribution in [1.29, 1.82) is 0 Å². The van der Waals surface area contributed by atoms with Crippen molar-refractivity contribution >= 4 is 5.91 Å². The maximum atomic E-state index is 12.3. The fraction of sp³-hybridized carbons (Fsp3) is 0.250. The Balaban J connectivity index is 1.62. The molecular formula is C20H22N4O2. The summed E-state index contributed by atoms with van der Waals surface area (Å²) < 4.78 is 7.33. The molecule has 0 saturated carbocycles. The standard InChI is InChI=1S/C20H22N4O2/c1-14(2)26-19-6-4-16(5-7-19)20(25)22-10-15-8-17(11-21-9-15)18-12-23-24(3)13-18/h4-9,11-14H,10H2,1-3H3,(H,22,25). The minimum atomic E-state index is -0.132. The zero-order chi connectivity index (χ0) is 18.5. The summed E-state index contributed by atoms with van der Waals surface area (Å²) in [7, 11) is 1.87. The quantitative estimate of drug-likeness (QED) is 0.741. The first-order valence-electron chi connectivity index (χ1n) is 8.49. The molecule has 3 aromatic rings. The van der Waals surface area contributed by atoms with Crippen LogP contribution in [-0.4, -0.2) is 26.8 Å². The van der Waals surface area contributed by atoms with E-state index in [1.165, 1.54) is 0 Å². The van der Waals surface area contributed by atoms with E-state index >= 15 is 0 Å². The SMILES string of the molecule is CC(C)Oc1ccc(C(=O)NCc2cncc(-c3cnn(C)c3)c2)cc1. The van der Waals surface area contributed by atoms with Gasteiger partial charge in [-0.15, -0.1) is 0 Å². The van der Waals surface area contributed by atoms with Crippen LogP contribution in [-0.2, 0) is 13.6 Å². The number of carbonyl (C=O) groups excluding carboxylic acids is 1. The molecule has 0 unspecified atom stereocenters. The van der Waals surface area contributed by atoms with Gasteiger partial charge in [0, 0.05) is 48.9 Å². The van der Waals surface area contributed by atoms with Crippen LogP contribution in [0.5, 0.6) is 5.75 Å². The molecule has 6 nitrogen and oxygen atoms in total. The van der Waals surface area contributed by atoms with Crippen molar-refractivity contribution in [2.45, 2.75) is 26.5 Å². The Labute approximate surface area is 152 Å². The number of nitrogens with zero attached hydrogens (tertiary/aromatic N) is 3. The number of benzene rings is 1. The smallest absolute Gasteiger partial charge is 0.251 e. The van der Waals surface area contributed by atoms with Gasteiger partial charge >= 0.3 is 0 Å². The zero-order valence-corrected chi connectivity index (χ0v) is 15.1. The Hall–Kier alpha value is -3.15. The van der Waals surface area contributed by atoms with Gasteiger partial charge in [-0.1, -0.05) is 0 Å². The first-order chi connectivity index (χ1) is 12.5. The lowest BCUT2D eigenvalue weighted by molar-refractivity contribution is 0.0951. The molecule has 0 aliphatic rings. The number of pyridine rings is 1. The average molecular weight is 350 g/mol. The van der Waals surface area contributed by atoms with E-state index in [4.69, 9.17) is 4.74 Å². The number of ether oxygens (including phenoxy) is 1. The van der Waals surface area contributed by atoms with Gasteiger partial charge in [0.25, 0.3) is 5.91 Å². The molecule has 0 fully saturated rings. The Morgan fingerprint density at radius 2 is 1.92 bits per heavy atom. The molecule has 0 aliphatic heterocycles. The number of carbonyl (C=O) groups is 1. The number of aromatic nitrogens is 3. The van der Waals surface area contributed by atoms with E-state index in [1.54, 1.807) is 47.5 Å². The van der Waals surface area contributed by atoms with E-state index in [0.29, 0.717) is 12.1 Å². The normalized spacial score (nSPS) is 10.8. The minimum Gasteiger partial charge on any atom is -0.491 e. The molecular weight excluding hydrogens is 328 g/mol. The molecule has 134 valence electrons. The summed E-state index contributed by atoms with van der Waals surface area (Å²) in [5.41, 5.74) is 3.49. The van der Waals surface area contributed by atoms with Crippen LogP contribution in [0.15, 0.2) is 55.1 Å². The Bertz CT molecular complexity index is 885. The number of nitrogens with one attached hydrogen (secondary N) is 1. The lowest BCUT2D eigenvalue weighted by Gasteiger charge is -2.10. The summed E-state index contributed by atoms with van der Waals surface area (Å²) in [6, 6.07) is 9.14. The van der Waals surface area contributed by atoms with Crippen molar-refractivity contribution in [3.05, 3.63) is 66.2 Å². The summed E-state index contributed by atoms with van der Waals surface area (Å²) in [5, 5.41) is 7.09. The second-order valence-electron chi connectivity index (χ2n) is 6.36. The average Bonchev–Trinajstić information content (AvgIpc) is 3.06. The van der Waals surface area contributed by atoms with Crippen LogP contribution >= 0.6 is 0 Å². The van der Waals surface area contributed by atoms with Gasteiger partial charge in [0.1, 0.15) is 5.75 Å².